The lowest BCUT2D eigenvalue weighted by atomic mass is 10.3. The second kappa shape index (κ2) is 3.88. The van der Waals surface area contributed by atoms with Gasteiger partial charge in [0.2, 0.25) is 0 Å². The van der Waals surface area contributed by atoms with Gasteiger partial charge in [-0.1, -0.05) is 0 Å². The highest BCUT2D eigenvalue weighted by atomic mass is 19.4. The molecular formula is C10H7F3N2O. The molecule has 0 spiro atoms. The van der Waals surface area contributed by atoms with Crippen LogP contribution in [-0.2, 0) is 0 Å². The molecule has 2 rings (SSSR count). The lowest BCUT2D eigenvalue weighted by Crippen LogP contribution is -2.17. The number of hydrogen-bond acceptors (Lipinski definition) is 2. The largest absolute Gasteiger partial charge is 0.573 e. The Morgan fingerprint density at radius 2 is 1.81 bits per heavy atom. The molecule has 0 amide bonds. The van der Waals surface area contributed by atoms with E-state index in [-0.39, 0.29) is 5.75 Å². The van der Waals surface area contributed by atoms with Crippen molar-refractivity contribution >= 4 is 0 Å². The number of nitrogens with zero attached hydrogens (tertiary/aromatic N) is 2. The first-order chi connectivity index (χ1) is 7.54. The molecule has 0 aliphatic heterocycles. The maximum absolute atomic E-state index is 11.9. The number of aromatic nitrogens is 2. The number of benzene rings is 1. The first-order valence-electron chi connectivity index (χ1n) is 4.39. The molecule has 1 aromatic heterocycles. The summed E-state index contributed by atoms with van der Waals surface area (Å²) in [6, 6.07) is 5.54. The van der Waals surface area contributed by atoms with E-state index < -0.39 is 6.36 Å². The van der Waals surface area contributed by atoms with Gasteiger partial charge in [-0.15, -0.1) is 13.2 Å². The lowest BCUT2D eigenvalue weighted by molar-refractivity contribution is -0.274. The normalized spacial score (nSPS) is 11.4. The fourth-order valence-electron chi connectivity index (χ4n) is 1.23. The van der Waals surface area contributed by atoms with Crippen molar-refractivity contribution in [3.8, 4) is 11.4 Å². The zero-order valence-electron chi connectivity index (χ0n) is 7.98. The number of hydrogen-bond donors (Lipinski definition) is 0. The quantitative estimate of drug-likeness (QED) is 0.790. The summed E-state index contributed by atoms with van der Waals surface area (Å²) in [6.45, 7) is 0. The zero-order chi connectivity index (χ0) is 11.6. The van der Waals surface area contributed by atoms with Crippen LogP contribution >= 0.6 is 0 Å². The van der Waals surface area contributed by atoms with Crippen LogP contribution in [0.1, 0.15) is 0 Å². The molecule has 0 saturated heterocycles. The van der Waals surface area contributed by atoms with Crippen molar-refractivity contribution in [3.05, 3.63) is 43.0 Å². The van der Waals surface area contributed by atoms with Crippen LogP contribution in [0.2, 0.25) is 0 Å². The van der Waals surface area contributed by atoms with Gasteiger partial charge in [-0.3, -0.25) is 0 Å². The first-order valence-corrected chi connectivity index (χ1v) is 4.39. The summed E-state index contributed by atoms with van der Waals surface area (Å²) in [5.74, 6) is -0.239. The molecule has 0 aliphatic rings. The molecule has 0 aliphatic carbocycles. The summed E-state index contributed by atoms with van der Waals surface area (Å²) in [4.78, 5) is 3.83. The van der Waals surface area contributed by atoms with Gasteiger partial charge in [0.1, 0.15) is 5.75 Å². The van der Waals surface area contributed by atoms with Crippen molar-refractivity contribution in [1.82, 2.24) is 9.55 Å². The van der Waals surface area contributed by atoms with Crippen molar-refractivity contribution in [2.24, 2.45) is 0 Å². The topological polar surface area (TPSA) is 27.1 Å². The van der Waals surface area contributed by atoms with Crippen LogP contribution in [0.15, 0.2) is 43.0 Å². The number of rotatable bonds is 2. The van der Waals surface area contributed by atoms with Crippen LogP contribution in [0.25, 0.3) is 5.69 Å². The highest BCUT2D eigenvalue weighted by molar-refractivity contribution is 5.37. The van der Waals surface area contributed by atoms with E-state index in [9.17, 15) is 13.2 Å². The molecule has 2 aromatic rings. The van der Waals surface area contributed by atoms with Crippen LogP contribution in [0.5, 0.6) is 5.75 Å². The molecule has 84 valence electrons. The molecule has 0 radical (unpaired) electrons. The van der Waals surface area contributed by atoms with Gasteiger partial charge in [0, 0.05) is 18.1 Å². The summed E-state index contributed by atoms with van der Waals surface area (Å²) in [5, 5.41) is 0. The average Bonchev–Trinajstić information content (AvgIpc) is 2.69. The van der Waals surface area contributed by atoms with Crippen molar-refractivity contribution in [1.29, 1.82) is 0 Å². The molecule has 0 unspecified atom stereocenters. The van der Waals surface area contributed by atoms with Crippen LogP contribution in [0, 0.1) is 0 Å². The third-order valence-corrected chi connectivity index (χ3v) is 1.87. The highest BCUT2D eigenvalue weighted by Gasteiger charge is 2.30. The maximum Gasteiger partial charge on any atom is 0.573 e. The number of alkyl halides is 3. The summed E-state index contributed by atoms with van der Waals surface area (Å²) in [5.41, 5.74) is 0.715. The molecular weight excluding hydrogens is 221 g/mol. The molecule has 0 saturated carbocycles. The summed E-state index contributed by atoms with van der Waals surface area (Å²) in [7, 11) is 0. The van der Waals surface area contributed by atoms with Crippen molar-refractivity contribution < 1.29 is 17.9 Å². The van der Waals surface area contributed by atoms with Crippen LogP contribution in [0.4, 0.5) is 13.2 Å². The van der Waals surface area contributed by atoms with Gasteiger partial charge < -0.3 is 9.30 Å². The predicted molar refractivity (Wildman–Crippen MR) is 50.2 cm³/mol. The van der Waals surface area contributed by atoms with Crippen molar-refractivity contribution in [2.75, 3.05) is 0 Å². The van der Waals surface area contributed by atoms with E-state index in [1.54, 1.807) is 23.3 Å². The Kier molecular flexibility index (Phi) is 2.55. The Hall–Kier alpha value is -1.98. The van der Waals surface area contributed by atoms with Gasteiger partial charge in [-0.2, -0.15) is 0 Å². The smallest absolute Gasteiger partial charge is 0.406 e. The molecule has 0 atom stereocenters. The van der Waals surface area contributed by atoms with Gasteiger partial charge in [-0.25, -0.2) is 4.98 Å². The second-order valence-electron chi connectivity index (χ2n) is 3.01. The second-order valence-corrected chi connectivity index (χ2v) is 3.01. The molecule has 1 heterocycles. The monoisotopic (exact) mass is 228 g/mol. The minimum Gasteiger partial charge on any atom is -0.406 e. The SMILES string of the molecule is FC(F)(F)Oc1ccc(-n2ccnc2)cc1. The van der Waals surface area contributed by atoms with Crippen LogP contribution in [0.3, 0.4) is 0 Å². The standard InChI is InChI=1S/C10H7F3N2O/c11-10(12,13)16-9-3-1-8(2-4-9)15-6-5-14-7-15/h1-7H. The van der Waals surface area contributed by atoms with E-state index in [1.165, 1.54) is 24.3 Å². The zero-order valence-corrected chi connectivity index (χ0v) is 7.98. The number of imidazole rings is 1. The Morgan fingerprint density at radius 1 is 1.12 bits per heavy atom. The summed E-state index contributed by atoms with van der Waals surface area (Å²) >= 11 is 0. The van der Waals surface area contributed by atoms with E-state index in [0.29, 0.717) is 5.69 Å². The number of halogens is 3. The number of ether oxygens (including phenoxy) is 1. The van der Waals surface area contributed by atoms with Crippen LogP contribution < -0.4 is 4.74 Å². The third-order valence-electron chi connectivity index (χ3n) is 1.87. The van der Waals surface area contributed by atoms with Gasteiger partial charge in [-0.05, 0) is 24.3 Å². The van der Waals surface area contributed by atoms with Crippen LogP contribution in [-0.4, -0.2) is 15.9 Å². The van der Waals surface area contributed by atoms with E-state index in [4.69, 9.17) is 0 Å². The van der Waals surface area contributed by atoms with Gasteiger partial charge in [0.05, 0.1) is 6.33 Å². The Balaban J connectivity index is 2.17. The fourth-order valence-corrected chi connectivity index (χ4v) is 1.23. The molecule has 16 heavy (non-hydrogen) atoms. The minimum absolute atomic E-state index is 0.239. The fraction of sp³-hybridized carbons (Fsp3) is 0.100. The molecule has 3 nitrogen and oxygen atoms in total. The molecule has 1 aromatic carbocycles. The Labute approximate surface area is 89.1 Å². The Morgan fingerprint density at radius 3 is 2.31 bits per heavy atom. The van der Waals surface area contributed by atoms with E-state index in [2.05, 4.69) is 9.72 Å². The molecule has 0 N–H and O–H groups in total. The molecule has 6 heteroatoms. The highest BCUT2D eigenvalue weighted by Crippen LogP contribution is 2.23. The van der Waals surface area contributed by atoms with Gasteiger partial charge >= 0.3 is 6.36 Å². The summed E-state index contributed by atoms with van der Waals surface area (Å²) in [6.07, 6.45) is 0.176. The third kappa shape index (κ3) is 2.53. The molecule has 0 bridgehead atoms. The maximum atomic E-state index is 11.9. The van der Waals surface area contributed by atoms with Gasteiger partial charge in [0.25, 0.3) is 0 Å². The van der Waals surface area contributed by atoms with E-state index in [1.807, 2.05) is 0 Å². The predicted octanol–water partition coefficient (Wildman–Crippen LogP) is 2.77. The van der Waals surface area contributed by atoms with Crippen molar-refractivity contribution in [3.63, 3.8) is 0 Å². The van der Waals surface area contributed by atoms with Gasteiger partial charge in [0.15, 0.2) is 0 Å². The first kappa shape index (κ1) is 10.5. The Bertz CT molecular complexity index is 448. The van der Waals surface area contributed by atoms with E-state index in [0.717, 1.165) is 0 Å². The van der Waals surface area contributed by atoms with Crippen molar-refractivity contribution in [2.45, 2.75) is 6.36 Å². The minimum atomic E-state index is -4.66. The van der Waals surface area contributed by atoms with E-state index >= 15 is 0 Å². The summed E-state index contributed by atoms with van der Waals surface area (Å²) < 4.78 is 41.1. The molecule has 0 fully saturated rings. The lowest BCUT2D eigenvalue weighted by Gasteiger charge is -2.09. The average molecular weight is 228 g/mol.